The minimum Gasteiger partial charge on any atom is -0.462 e. The number of unbranched alkanes of at least 4 members (excludes halogenated alkanes) is 32. The van der Waals surface area contributed by atoms with Crippen LogP contribution >= 0.6 is 15.6 Å². The molecule has 0 aliphatic heterocycles. The maximum absolute atomic E-state index is 13.0. The second-order valence-electron chi connectivity index (χ2n) is 27.1. The molecule has 0 aromatic heterocycles. The van der Waals surface area contributed by atoms with Gasteiger partial charge in [0.15, 0.2) is 12.2 Å². The van der Waals surface area contributed by atoms with E-state index >= 15 is 0 Å². The largest absolute Gasteiger partial charge is 0.472 e. The van der Waals surface area contributed by atoms with Crippen molar-refractivity contribution < 1.29 is 80.2 Å². The van der Waals surface area contributed by atoms with E-state index in [0.29, 0.717) is 31.6 Å². The van der Waals surface area contributed by atoms with E-state index in [4.69, 9.17) is 37.0 Å². The molecule has 0 heterocycles. The first-order chi connectivity index (χ1) is 43.2. The van der Waals surface area contributed by atoms with Crippen molar-refractivity contribution in [2.24, 2.45) is 23.7 Å². The Morgan fingerprint density at radius 3 is 0.789 bits per heavy atom. The summed E-state index contributed by atoms with van der Waals surface area (Å²) in [6.07, 6.45) is 43.1. The van der Waals surface area contributed by atoms with Crippen LogP contribution in [-0.4, -0.2) is 96.7 Å². The number of phosphoric acid groups is 2. The second kappa shape index (κ2) is 60.7. The lowest BCUT2D eigenvalue weighted by Gasteiger charge is -2.21. The highest BCUT2D eigenvalue weighted by atomic mass is 31.2. The van der Waals surface area contributed by atoms with E-state index in [-0.39, 0.29) is 25.7 Å². The number of carbonyl (C=O) groups excluding carboxylic acids is 4. The number of phosphoric ester groups is 2. The van der Waals surface area contributed by atoms with Gasteiger partial charge in [-0.05, 0) is 49.4 Å². The van der Waals surface area contributed by atoms with E-state index in [0.717, 1.165) is 120 Å². The zero-order valence-corrected chi connectivity index (χ0v) is 60.6. The summed E-state index contributed by atoms with van der Waals surface area (Å²) in [4.78, 5) is 72.5. The SMILES string of the molecule is CCC(C)CCCCCCCCCCCCCCCCC(=O)O[C@H](COC(=O)CCCCCCCCC(C)CC)COP(=O)(O)OCC(O)COP(=O)(O)OC[C@@H](COC(=O)CCCCCCCCCC(C)C)OC(=O)CCCCCCCCCCCC(C)C. The average Bonchev–Trinajstić information content (AvgIpc) is 3.42. The zero-order valence-electron chi connectivity index (χ0n) is 58.8. The minimum absolute atomic E-state index is 0.104. The summed E-state index contributed by atoms with van der Waals surface area (Å²) in [7, 11) is -9.90. The molecular formula is C71H138O17P2. The van der Waals surface area contributed by atoms with Crippen molar-refractivity contribution in [3.05, 3.63) is 0 Å². The fourth-order valence-electron chi connectivity index (χ4n) is 10.6. The molecule has 0 aromatic carbocycles. The van der Waals surface area contributed by atoms with Gasteiger partial charge in [0, 0.05) is 25.7 Å². The molecule has 0 spiro atoms. The molecule has 0 aliphatic rings. The summed E-state index contributed by atoms with van der Waals surface area (Å²) < 4.78 is 68.3. The molecule has 534 valence electrons. The van der Waals surface area contributed by atoms with E-state index in [9.17, 15) is 43.2 Å². The number of carbonyl (C=O) groups is 4. The van der Waals surface area contributed by atoms with Crippen molar-refractivity contribution in [3.8, 4) is 0 Å². The molecule has 3 N–H and O–H groups in total. The first kappa shape index (κ1) is 88.1. The third kappa shape index (κ3) is 62.2. The Balaban J connectivity index is 5.23. The monoisotopic (exact) mass is 1320 g/mol. The molecule has 0 amide bonds. The summed E-state index contributed by atoms with van der Waals surface area (Å²) in [6.45, 7) is 14.1. The summed E-state index contributed by atoms with van der Waals surface area (Å²) in [5.41, 5.74) is 0. The number of ether oxygens (including phenoxy) is 4. The van der Waals surface area contributed by atoms with Crippen LogP contribution < -0.4 is 0 Å². The lowest BCUT2D eigenvalue weighted by molar-refractivity contribution is -0.161. The molecule has 90 heavy (non-hydrogen) atoms. The summed E-state index contributed by atoms with van der Waals surface area (Å²) in [5, 5.41) is 10.6. The molecular weight excluding hydrogens is 1190 g/mol. The molecule has 0 bridgehead atoms. The van der Waals surface area contributed by atoms with Gasteiger partial charge >= 0.3 is 39.5 Å². The molecule has 19 heteroatoms. The van der Waals surface area contributed by atoms with Crippen molar-refractivity contribution in [2.75, 3.05) is 39.6 Å². The molecule has 17 nitrogen and oxygen atoms in total. The normalized spacial score (nSPS) is 14.9. The molecule has 0 fully saturated rings. The Morgan fingerprint density at radius 1 is 0.311 bits per heavy atom. The quantitative estimate of drug-likeness (QED) is 0.0222. The molecule has 0 saturated carbocycles. The van der Waals surface area contributed by atoms with Crippen molar-refractivity contribution in [3.63, 3.8) is 0 Å². The Morgan fingerprint density at radius 2 is 0.533 bits per heavy atom. The zero-order chi connectivity index (χ0) is 66.8. The van der Waals surface area contributed by atoms with Crippen LogP contribution in [0, 0.1) is 23.7 Å². The molecule has 5 unspecified atom stereocenters. The Hall–Kier alpha value is -1.94. The molecule has 7 atom stereocenters. The standard InChI is InChI=1S/C71H138O17P2/c1-9-63(7)49-41-33-25-19-15-13-11-12-14-16-20-26-37-45-53-70(75)88-67(58-82-69(74)52-44-36-30-29-34-42-50-64(8)10-2)60-86-90(79,80)84-56-65(72)55-83-89(77,78)85-59-66(57-81-68(73)51-43-35-28-22-24-32-40-48-62(5)6)87-71(76)54-46-38-27-21-17-18-23-31-39-47-61(3)4/h61-67,72H,9-60H2,1-8H3,(H,77,78)(H,79,80)/t63?,64?,65?,66-,67-/m1/s1. The highest BCUT2D eigenvalue weighted by molar-refractivity contribution is 7.47. The van der Waals surface area contributed by atoms with Crippen LogP contribution in [0.1, 0.15) is 351 Å². The van der Waals surface area contributed by atoms with Crippen LogP contribution in [0.2, 0.25) is 0 Å². The van der Waals surface area contributed by atoms with Gasteiger partial charge in [-0.1, -0.05) is 299 Å². The van der Waals surface area contributed by atoms with Gasteiger partial charge in [0.1, 0.15) is 19.3 Å². The smallest absolute Gasteiger partial charge is 0.462 e. The molecule has 0 radical (unpaired) electrons. The van der Waals surface area contributed by atoms with Crippen LogP contribution in [0.15, 0.2) is 0 Å². The van der Waals surface area contributed by atoms with E-state index in [2.05, 4.69) is 55.4 Å². The maximum atomic E-state index is 13.0. The predicted molar refractivity (Wildman–Crippen MR) is 363 cm³/mol. The number of esters is 4. The Bertz CT molecular complexity index is 1790. The summed E-state index contributed by atoms with van der Waals surface area (Å²) >= 11 is 0. The maximum Gasteiger partial charge on any atom is 0.472 e. The van der Waals surface area contributed by atoms with Crippen molar-refractivity contribution in [1.82, 2.24) is 0 Å². The summed E-state index contributed by atoms with van der Waals surface area (Å²) in [6, 6.07) is 0. The van der Waals surface area contributed by atoms with Crippen molar-refractivity contribution >= 4 is 39.5 Å². The van der Waals surface area contributed by atoms with Crippen molar-refractivity contribution in [2.45, 2.75) is 369 Å². The number of hydrogen-bond donors (Lipinski definition) is 3. The fourth-order valence-corrected chi connectivity index (χ4v) is 12.2. The van der Waals surface area contributed by atoms with E-state index in [1.807, 2.05) is 0 Å². The average molecular weight is 1330 g/mol. The highest BCUT2D eigenvalue weighted by Gasteiger charge is 2.30. The first-order valence-electron chi connectivity index (χ1n) is 36.8. The van der Waals surface area contributed by atoms with Gasteiger partial charge in [-0.3, -0.25) is 37.3 Å². The minimum atomic E-state index is -4.95. The lowest BCUT2D eigenvalue weighted by atomic mass is 9.99. The van der Waals surface area contributed by atoms with Gasteiger partial charge in [0.25, 0.3) is 0 Å². The number of aliphatic hydroxyl groups is 1. The molecule has 0 saturated heterocycles. The lowest BCUT2D eigenvalue weighted by Crippen LogP contribution is -2.30. The van der Waals surface area contributed by atoms with Gasteiger partial charge in [-0.25, -0.2) is 9.13 Å². The van der Waals surface area contributed by atoms with Gasteiger partial charge in [-0.2, -0.15) is 0 Å². The van der Waals surface area contributed by atoms with E-state index < -0.39 is 97.5 Å². The van der Waals surface area contributed by atoms with Crippen molar-refractivity contribution in [1.29, 1.82) is 0 Å². The van der Waals surface area contributed by atoms with Gasteiger partial charge in [0.2, 0.25) is 0 Å². The van der Waals surface area contributed by atoms with Gasteiger partial charge < -0.3 is 33.8 Å². The molecule has 0 aliphatic carbocycles. The van der Waals surface area contributed by atoms with Gasteiger partial charge in [0.05, 0.1) is 26.4 Å². The van der Waals surface area contributed by atoms with Crippen LogP contribution in [0.5, 0.6) is 0 Å². The van der Waals surface area contributed by atoms with E-state index in [1.165, 1.54) is 141 Å². The summed E-state index contributed by atoms with van der Waals surface area (Å²) in [5.74, 6) is 0.888. The molecule has 0 aromatic rings. The van der Waals surface area contributed by atoms with Crippen LogP contribution in [0.4, 0.5) is 0 Å². The second-order valence-corrected chi connectivity index (χ2v) is 30.0. The number of rotatable bonds is 68. The number of aliphatic hydroxyl groups excluding tert-OH is 1. The third-order valence-corrected chi connectivity index (χ3v) is 18.9. The molecule has 0 rings (SSSR count). The predicted octanol–water partition coefficient (Wildman–Crippen LogP) is 20.1. The van der Waals surface area contributed by atoms with Crippen LogP contribution in [0.3, 0.4) is 0 Å². The number of hydrogen-bond acceptors (Lipinski definition) is 15. The third-order valence-electron chi connectivity index (χ3n) is 17.0. The van der Waals surface area contributed by atoms with E-state index in [1.54, 1.807) is 0 Å². The Kier molecular flexibility index (Phi) is 59.4. The fraction of sp³-hybridized carbons (Fsp3) is 0.944. The van der Waals surface area contributed by atoms with Gasteiger partial charge in [-0.15, -0.1) is 0 Å². The topological polar surface area (TPSA) is 237 Å². The van der Waals surface area contributed by atoms with Crippen LogP contribution in [0.25, 0.3) is 0 Å². The highest BCUT2D eigenvalue weighted by Crippen LogP contribution is 2.45. The van der Waals surface area contributed by atoms with Crippen LogP contribution in [-0.2, 0) is 65.4 Å². The first-order valence-corrected chi connectivity index (χ1v) is 39.8. The Labute approximate surface area is 549 Å².